The van der Waals surface area contributed by atoms with Crippen LogP contribution in [0.3, 0.4) is 0 Å². The van der Waals surface area contributed by atoms with E-state index in [0.29, 0.717) is 33.1 Å². The quantitative estimate of drug-likeness (QED) is 0.0202. The van der Waals surface area contributed by atoms with Gasteiger partial charge in [-0.2, -0.15) is 54.5 Å². The first-order valence-corrected chi connectivity index (χ1v) is 44.6. The monoisotopic (exact) mass is 2110 g/mol. The predicted octanol–water partition coefficient (Wildman–Crippen LogP) is 22.4. The van der Waals surface area contributed by atoms with E-state index in [1.54, 1.807) is 0 Å². The maximum Gasteiger partial charge on any atom is 0.416 e. The summed E-state index contributed by atoms with van der Waals surface area (Å²) < 4.78 is 747. The second-order valence-electron chi connectivity index (χ2n) is 29.7. The number of alkyl halides is 9. The number of aromatic nitrogens is 6. The van der Waals surface area contributed by atoms with Gasteiger partial charge in [-0.15, -0.1) is 0 Å². The van der Waals surface area contributed by atoms with E-state index < -0.39 is 546 Å². The first-order chi connectivity index (χ1) is 94.7. The van der Waals surface area contributed by atoms with Gasteiger partial charge in [0.1, 0.15) is 36.9 Å². The third-order valence-corrected chi connectivity index (χ3v) is 22.4. The van der Waals surface area contributed by atoms with Crippen molar-refractivity contribution in [2.24, 2.45) is 17.7 Å². The SMILES string of the molecule is [2H]C1=C(C2=C([2H])C([2H])=C(C(F)(F)F)C(C)C2[2H])C([2H])C([2H])C(C([2H])([2H])N(CCN(C([2H])([2H])C)C([2H])([2H])C)C(=O)C([2H])([2H])n2c(SC([2H])([2H])c3c([2H])c([2H])c(F)c([2H])c3[2H])nc(=O)c3c2CCC3)=C1[2H].[2H]c1c([2H])c(C([2H])([2H])Sc2nc(=O)c3c(n2C([2H])([2H])C(=O)N(CCN(C([2H])([2H])C)C([2H])([2H])C)C([2H])([2H])c2c([2H])c([2H])c(-c4c([2H])c([2H])c(C(F)(F)F)c([2H])c4[2H])c([2H])c2[2H])C([2H])([2H])C([2H])(C)C3([2H])[2H])c([2H])c([2H])c1F.[2H]c1c([2H])c(C([2H])([2H])Sc2nc(=O)c3c(n2C([2H])([2H])C(=O)N(CCN(C([2H])([2H])C)C([2H])([2H])C)C([2H])([2H])c2ccc(-c4ccc(C(F)(F)F)cc4)cc2)C([2H])([2H])C([2H])(C)C3([2H])[2H])c([2H])c([2H])c1F. The van der Waals surface area contributed by atoms with Crippen molar-refractivity contribution >= 4 is 53.0 Å². The molecule has 15 rings (SSSR count). The minimum Gasteiger partial charge on any atom is -0.336 e. The van der Waals surface area contributed by atoms with E-state index in [2.05, 4.69) is 15.0 Å². The van der Waals surface area contributed by atoms with E-state index in [1.807, 2.05) is 0 Å². The Kier molecular flexibility index (Phi) is 18.0. The summed E-state index contributed by atoms with van der Waals surface area (Å²) in [7, 11) is 0. The average Bonchev–Trinajstić information content (AvgIpc) is 1.51. The van der Waals surface area contributed by atoms with Crippen LogP contribution in [0.5, 0.6) is 0 Å². The van der Waals surface area contributed by atoms with Gasteiger partial charge in [0.05, 0.1) is 60.5 Å². The lowest BCUT2D eigenvalue weighted by Crippen LogP contribution is -2.42. The predicted molar refractivity (Wildman–Crippen MR) is 544 cm³/mol. The zero-order valence-electron chi connectivity index (χ0n) is 143. The number of fused-ring (bicyclic) bond motifs is 3. The molecule has 18 nitrogen and oxygen atoms in total. The number of amides is 3. The highest BCUT2D eigenvalue weighted by Gasteiger charge is 2.40. The van der Waals surface area contributed by atoms with E-state index in [4.69, 9.17) is 75.4 Å². The number of nitrogens with zero attached hydrogens (tertiary/aromatic N) is 12. The molecule has 0 aliphatic heterocycles. The second-order valence-corrected chi connectivity index (χ2v) is 32.0. The summed E-state index contributed by atoms with van der Waals surface area (Å²) in [4.78, 5) is 98.7. The Bertz CT molecular complexity index is 10000. The maximum atomic E-state index is 15.4. The number of rotatable bonds is 39. The zero-order chi connectivity index (χ0) is 163. The highest BCUT2D eigenvalue weighted by molar-refractivity contribution is 7.98. The lowest BCUT2D eigenvalue weighted by molar-refractivity contribution is -0.138. The smallest absolute Gasteiger partial charge is 0.336 e. The number of carbonyl (C=O) groups is 3. The summed E-state index contributed by atoms with van der Waals surface area (Å²) >= 11 is -1.20. The van der Waals surface area contributed by atoms with Gasteiger partial charge in [-0.1, -0.05) is 236 Å². The maximum absolute atomic E-state index is 15.4. The number of benzene rings is 7. The molecule has 766 valence electrons. The summed E-state index contributed by atoms with van der Waals surface area (Å²) in [6.45, 7) is -38.9. The molecule has 5 aliphatic carbocycles. The Hall–Kier alpha value is -11.4. The Morgan fingerprint density at radius 3 is 1.17 bits per heavy atom. The molecule has 3 aromatic heterocycles. The van der Waals surface area contributed by atoms with Crippen molar-refractivity contribution in [3.63, 3.8) is 0 Å². The van der Waals surface area contributed by atoms with Crippen molar-refractivity contribution in [1.29, 1.82) is 0 Å². The van der Waals surface area contributed by atoms with Crippen LogP contribution < -0.4 is 16.7 Å². The Balaban J connectivity index is 0.000000253. The van der Waals surface area contributed by atoms with Gasteiger partial charge in [-0.3, -0.25) is 28.8 Å². The third-order valence-electron chi connectivity index (χ3n) is 20.1. The number of thioether (sulfide) groups is 3. The van der Waals surface area contributed by atoms with E-state index in [9.17, 15) is 83.5 Å². The number of hydrogen-bond acceptors (Lipinski definition) is 15. The van der Waals surface area contributed by atoms with Crippen molar-refractivity contribution in [1.82, 2.24) is 58.1 Å². The van der Waals surface area contributed by atoms with Crippen LogP contribution in [0.25, 0.3) is 22.3 Å². The Morgan fingerprint density at radius 2 is 0.771 bits per heavy atom. The molecule has 0 spiro atoms. The number of hydrogen-bond donors (Lipinski definition) is 0. The first kappa shape index (κ1) is 51.3. The first-order valence-electron chi connectivity index (χ1n) is 75.9. The standard InChI is InChI=1S/2C37H40F4N4O2S.C37H44F4N4O2S/c2*1-4-43(5-2)18-19-44(22-26-6-10-28(11-7-26)29-12-14-30(15-13-29)37(39,40)41)34(46)23-45-33-21-25(3)20-32(33)35(47)42-36(45)48-24-27-8-16-31(38)17-9-27;1-4-43(5-2)19-20-44(22-26-9-13-28(14-10-26)29-15-18-32(25(3)21-29)37(39,40)41)34(46)23-45-33-8-6-7-31(33)35(47)42-36(45)48-24-27-11-16-30(38)17-12-27/h2*6-17,25H,4-5,18-24H2,1-3H3;9,11-13,15-18,25H,4-8,10,14,19-24H2,1-3H3/i4D2,5D2,6D,7D,8D,9D,10D,11D,12D,13D,14D,15D,16D,17D,20D2,21D2,22D2,23D2,24D2,25D;4D2,5D2,8D,9D,16D,17D,20D2,21D2,22D2,23D2,24D2,25D;4D2,5D2,9D,10D,11D,12D,13D,14D,15D,16D,17D,18D,21D,22D2,23D2,24D2. The minimum absolute atomic E-state index is 0.00956. The van der Waals surface area contributed by atoms with Crippen molar-refractivity contribution in [2.45, 2.75) is 210 Å². The van der Waals surface area contributed by atoms with Gasteiger partial charge in [0.2, 0.25) is 17.7 Å². The van der Waals surface area contributed by atoms with Crippen LogP contribution in [0.2, 0.25) is 0 Å². The van der Waals surface area contributed by atoms with Gasteiger partial charge in [-0.05, 0) is 242 Å². The van der Waals surface area contributed by atoms with E-state index in [-0.39, 0.29) is 77.2 Å². The van der Waals surface area contributed by atoms with Crippen LogP contribution in [-0.4, -0.2) is 167 Å². The molecule has 0 bridgehead atoms. The van der Waals surface area contributed by atoms with Gasteiger partial charge >= 0.3 is 18.5 Å². The van der Waals surface area contributed by atoms with Gasteiger partial charge in [0, 0.05) is 158 Å². The highest BCUT2D eigenvalue weighted by atomic mass is 32.2. The summed E-state index contributed by atoms with van der Waals surface area (Å²) in [6, 6.07) is -25.6. The average molecular weight is 2110 g/mol. The van der Waals surface area contributed by atoms with E-state index in [1.165, 1.54) is 12.1 Å². The van der Waals surface area contributed by atoms with Crippen LogP contribution in [0.1, 0.15) is 252 Å². The van der Waals surface area contributed by atoms with Crippen molar-refractivity contribution < 1.29 is 159 Å². The fourth-order valence-corrected chi connectivity index (χ4v) is 15.1. The molecule has 0 saturated carbocycles. The van der Waals surface area contributed by atoms with Crippen molar-refractivity contribution in [2.75, 3.05) is 84.7 Å². The summed E-state index contributed by atoms with van der Waals surface area (Å²) in [5.41, 5.74) is -36.4. The Labute approximate surface area is 940 Å². The van der Waals surface area contributed by atoms with Gasteiger partial charge < -0.3 is 43.1 Å². The molecule has 0 N–H and O–H groups in total. The molecule has 10 aromatic rings. The van der Waals surface area contributed by atoms with Crippen LogP contribution >= 0.6 is 35.3 Å². The van der Waals surface area contributed by atoms with Crippen LogP contribution in [0, 0.1) is 35.2 Å². The molecule has 0 saturated heterocycles. The van der Waals surface area contributed by atoms with Gasteiger partial charge in [0.15, 0.2) is 15.5 Å². The van der Waals surface area contributed by atoms with Crippen molar-refractivity contribution in [3.8, 4) is 22.3 Å². The summed E-state index contributed by atoms with van der Waals surface area (Å²) in [5, 5.41) is -3.92. The van der Waals surface area contributed by atoms with E-state index in [0.717, 1.165) is 84.9 Å². The fraction of sp³-hybridized carbons (Fsp3) is 0.414. The molecule has 0 fully saturated rings. The van der Waals surface area contributed by atoms with Crippen molar-refractivity contribution in [3.05, 3.63) is 337 Å². The number of allylic oxidation sites excluding steroid dienone is 7. The van der Waals surface area contributed by atoms with E-state index >= 15 is 14.4 Å². The number of halogens is 12. The fourth-order valence-electron chi connectivity index (χ4n) is 13.2. The number of carbonyl (C=O) groups excluding carboxylic acids is 3. The molecule has 7 aromatic carbocycles. The minimum atomic E-state index is -5.50. The topological polar surface area (TPSA) is 175 Å². The normalized spacial score (nSPS) is 28.0. The zero-order valence-corrected chi connectivity index (χ0v) is 78.8. The molecular formula is C111H124F12N12O6S3. The summed E-state index contributed by atoms with van der Waals surface area (Å²) in [5.74, 6) is -19.8. The molecule has 144 heavy (non-hydrogen) atoms. The molecular weight excluding hydrogens is 1920 g/mol. The van der Waals surface area contributed by atoms with Crippen LogP contribution in [0.15, 0.2) is 246 Å². The molecule has 0 radical (unpaired) electrons. The second kappa shape index (κ2) is 50.6. The molecule has 3 amide bonds. The van der Waals surface area contributed by atoms with Crippen LogP contribution in [0.4, 0.5) is 52.7 Å². The number of likely N-dealkylation sites (N-methyl/N-ethyl adjacent to an activating group) is 3. The lowest BCUT2D eigenvalue weighted by Gasteiger charge is -2.30. The molecule has 33 heteroatoms. The molecule has 3 heterocycles. The molecule has 6 atom stereocenters. The van der Waals surface area contributed by atoms with Crippen LogP contribution in [-0.2, 0) is 115 Å². The Morgan fingerprint density at radius 1 is 0.403 bits per heavy atom. The van der Waals surface area contributed by atoms with Gasteiger partial charge in [-0.25, -0.2) is 13.2 Å². The molecule has 5 aliphatic rings. The molecule has 6 unspecified atom stereocenters. The summed E-state index contributed by atoms with van der Waals surface area (Å²) in [6.07, 6.45) is -36.5. The van der Waals surface area contributed by atoms with Gasteiger partial charge in [0.25, 0.3) is 16.7 Å². The highest BCUT2D eigenvalue weighted by Crippen LogP contribution is 2.42. The third kappa shape index (κ3) is 29.8. The lowest BCUT2D eigenvalue weighted by atomic mass is 9.82. The largest absolute Gasteiger partial charge is 0.416 e.